The molecule has 2 heterocycles. The largest absolute Gasteiger partial charge is 0.135 e. The average Bonchev–Trinajstić information content (AvgIpc) is 3.64. The summed E-state index contributed by atoms with van der Waals surface area (Å²) in [6.07, 6.45) is 0. The summed E-state index contributed by atoms with van der Waals surface area (Å²) in [6, 6.07) is 54.1. The Balaban J connectivity index is 1.31. The summed E-state index contributed by atoms with van der Waals surface area (Å²) in [5.41, 5.74) is 5.14. The van der Waals surface area contributed by atoms with Gasteiger partial charge in [-0.25, -0.2) is 0 Å². The SMILES string of the molecule is c1ccc2cc(-c3c4ccccc4c(-c4ccc5sc6ccc7sc8ccccc8c7c6c5c4)c4ccccc34)ccc2c1. The first-order chi connectivity index (χ1) is 21.8. The molecule has 0 aliphatic heterocycles. The highest BCUT2D eigenvalue weighted by Crippen LogP contribution is 2.48. The number of rotatable bonds is 2. The van der Waals surface area contributed by atoms with Crippen molar-refractivity contribution in [3.8, 4) is 22.3 Å². The highest BCUT2D eigenvalue weighted by Gasteiger charge is 2.19. The van der Waals surface area contributed by atoms with Gasteiger partial charge in [-0.05, 0) is 91.0 Å². The highest BCUT2D eigenvalue weighted by molar-refractivity contribution is 7.28. The Bertz CT molecular complexity index is 2720. The summed E-state index contributed by atoms with van der Waals surface area (Å²) in [6.45, 7) is 0. The van der Waals surface area contributed by atoms with Crippen LogP contribution in [0, 0.1) is 0 Å². The van der Waals surface area contributed by atoms with Crippen molar-refractivity contribution in [2.45, 2.75) is 0 Å². The molecule has 0 atom stereocenters. The molecule has 0 aliphatic carbocycles. The Kier molecular flexibility index (Phi) is 5.13. The molecule has 0 N–H and O–H groups in total. The molecule has 0 fully saturated rings. The molecule has 0 nitrogen and oxygen atoms in total. The Morgan fingerprint density at radius 3 is 1.41 bits per heavy atom. The van der Waals surface area contributed by atoms with E-state index >= 15 is 0 Å². The van der Waals surface area contributed by atoms with Crippen LogP contribution in [0.15, 0.2) is 146 Å². The van der Waals surface area contributed by atoms with E-state index in [0.717, 1.165) is 0 Å². The van der Waals surface area contributed by atoms with Crippen LogP contribution in [0.5, 0.6) is 0 Å². The minimum absolute atomic E-state index is 1.26. The van der Waals surface area contributed by atoms with Crippen LogP contribution >= 0.6 is 22.7 Å². The first-order valence-corrected chi connectivity index (χ1v) is 16.6. The Morgan fingerprint density at radius 2 is 0.750 bits per heavy atom. The van der Waals surface area contributed by atoms with Crippen LogP contribution in [0.2, 0.25) is 0 Å². The summed E-state index contributed by atoms with van der Waals surface area (Å²) in [4.78, 5) is 0. The molecule has 2 aromatic heterocycles. The Morgan fingerprint density at radius 1 is 0.295 bits per heavy atom. The number of fused-ring (bicyclic) bond motifs is 10. The molecule has 0 spiro atoms. The lowest BCUT2D eigenvalue weighted by Gasteiger charge is -2.18. The van der Waals surface area contributed by atoms with E-state index in [1.165, 1.54) is 94.9 Å². The van der Waals surface area contributed by atoms with E-state index in [1.807, 2.05) is 22.7 Å². The predicted octanol–water partition coefficient (Wildman–Crippen LogP) is 13.2. The molecule has 0 amide bonds. The first kappa shape index (κ1) is 24.4. The average molecular weight is 593 g/mol. The van der Waals surface area contributed by atoms with Gasteiger partial charge >= 0.3 is 0 Å². The van der Waals surface area contributed by atoms with E-state index in [1.54, 1.807) is 0 Å². The molecular formula is C42H24S2. The second-order valence-electron chi connectivity index (χ2n) is 11.6. The van der Waals surface area contributed by atoms with Gasteiger partial charge in [0.2, 0.25) is 0 Å². The minimum atomic E-state index is 1.26. The second kappa shape index (κ2) is 9.24. The second-order valence-corrected chi connectivity index (χ2v) is 13.8. The van der Waals surface area contributed by atoms with Crippen molar-refractivity contribution in [1.29, 1.82) is 0 Å². The summed E-state index contributed by atoms with van der Waals surface area (Å²) >= 11 is 3.80. The van der Waals surface area contributed by atoms with Gasteiger partial charge in [-0.2, -0.15) is 0 Å². The molecule has 2 heteroatoms. The van der Waals surface area contributed by atoms with Gasteiger partial charge in [-0.1, -0.05) is 109 Å². The third-order valence-electron chi connectivity index (χ3n) is 9.23. The van der Waals surface area contributed by atoms with E-state index in [9.17, 15) is 0 Å². The molecule has 204 valence electrons. The van der Waals surface area contributed by atoms with Crippen LogP contribution in [0.25, 0.3) is 94.9 Å². The molecule has 0 bridgehead atoms. The van der Waals surface area contributed by atoms with Crippen LogP contribution < -0.4 is 0 Å². The summed E-state index contributed by atoms with van der Waals surface area (Å²) < 4.78 is 5.41. The van der Waals surface area contributed by atoms with Crippen molar-refractivity contribution in [3.63, 3.8) is 0 Å². The van der Waals surface area contributed by atoms with Crippen LogP contribution in [0.1, 0.15) is 0 Å². The molecule has 10 rings (SSSR count). The zero-order valence-electron chi connectivity index (χ0n) is 23.7. The Labute approximate surface area is 262 Å². The van der Waals surface area contributed by atoms with E-state index in [2.05, 4.69) is 146 Å². The molecule has 0 aliphatic rings. The van der Waals surface area contributed by atoms with Crippen molar-refractivity contribution in [2.24, 2.45) is 0 Å². The van der Waals surface area contributed by atoms with Crippen molar-refractivity contribution >= 4 is 95.3 Å². The number of hydrogen-bond donors (Lipinski definition) is 0. The lowest BCUT2D eigenvalue weighted by molar-refractivity contribution is 1.69. The van der Waals surface area contributed by atoms with Gasteiger partial charge < -0.3 is 0 Å². The maximum atomic E-state index is 2.46. The van der Waals surface area contributed by atoms with Gasteiger partial charge in [0.05, 0.1) is 0 Å². The third kappa shape index (κ3) is 3.44. The summed E-state index contributed by atoms with van der Waals surface area (Å²) in [5.74, 6) is 0. The monoisotopic (exact) mass is 592 g/mol. The fourth-order valence-electron chi connectivity index (χ4n) is 7.33. The topological polar surface area (TPSA) is 0 Å². The van der Waals surface area contributed by atoms with Gasteiger partial charge in [0, 0.05) is 40.3 Å². The maximum Gasteiger partial charge on any atom is 0.0362 e. The molecule has 10 aromatic rings. The minimum Gasteiger partial charge on any atom is -0.135 e. The van der Waals surface area contributed by atoms with Gasteiger partial charge in [0.1, 0.15) is 0 Å². The zero-order chi connectivity index (χ0) is 28.8. The third-order valence-corrected chi connectivity index (χ3v) is 11.5. The lowest BCUT2D eigenvalue weighted by Crippen LogP contribution is -1.91. The predicted molar refractivity (Wildman–Crippen MR) is 196 cm³/mol. The molecule has 8 aromatic carbocycles. The normalized spacial score (nSPS) is 12.1. The number of hydrogen-bond acceptors (Lipinski definition) is 2. The lowest BCUT2D eigenvalue weighted by atomic mass is 9.85. The summed E-state index contributed by atoms with van der Waals surface area (Å²) in [7, 11) is 0. The van der Waals surface area contributed by atoms with E-state index in [-0.39, 0.29) is 0 Å². The van der Waals surface area contributed by atoms with E-state index in [4.69, 9.17) is 0 Å². The van der Waals surface area contributed by atoms with Crippen LogP contribution in [0.3, 0.4) is 0 Å². The smallest absolute Gasteiger partial charge is 0.0362 e. The molecule has 44 heavy (non-hydrogen) atoms. The van der Waals surface area contributed by atoms with Gasteiger partial charge in [-0.3, -0.25) is 0 Å². The molecule has 0 saturated carbocycles. The van der Waals surface area contributed by atoms with Crippen molar-refractivity contribution in [3.05, 3.63) is 146 Å². The molecule has 0 saturated heterocycles. The van der Waals surface area contributed by atoms with E-state index in [0.29, 0.717) is 0 Å². The van der Waals surface area contributed by atoms with Crippen LogP contribution in [-0.2, 0) is 0 Å². The molecule has 0 unspecified atom stereocenters. The molecule has 0 radical (unpaired) electrons. The standard InChI is InChI=1S/C42H24S2/c1-2-10-26-23-27(18-17-25(26)9-1)39-29-11-3-5-13-31(29)40(32-14-6-4-12-30(32)39)28-19-20-36-34(24-28)42-38(44-36)22-21-37-41(42)33-15-7-8-16-35(33)43-37/h1-24H. The summed E-state index contributed by atoms with van der Waals surface area (Å²) in [5, 5.41) is 13.2. The van der Waals surface area contributed by atoms with Crippen molar-refractivity contribution < 1.29 is 0 Å². The fourth-order valence-corrected chi connectivity index (χ4v) is 9.54. The quantitative estimate of drug-likeness (QED) is 0.175. The highest BCUT2D eigenvalue weighted by atomic mass is 32.1. The van der Waals surface area contributed by atoms with Gasteiger partial charge in [-0.15, -0.1) is 22.7 Å². The van der Waals surface area contributed by atoms with Crippen LogP contribution in [-0.4, -0.2) is 0 Å². The Hall–Kier alpha value is -5.02. The first-order valence-electron chi connectivity index (χ1n) is 15.0. The molecular weight excluding hydrogens is 569 g/mol. The van der Waals surface area contributed by atoms with E-state index < -0.39 is 0 Å². The maximum absolute atomic E-state index is 2.46. The zero-order valence-corrected chi connectivity index (χ0v) is 25.3. The number of thiophene rings is 2. The van der Waals surface area contributed by atoms with Gasteiger partial charge in [0.15, 0.2) is 0 Å². The van der Waals surface area contributed by atoms with Gasteiger partial charge in [0.25, 0.3) is 0 Å². The van der Waals surface area contributed by atoms with Crippen molar-refractivity contribution in [1.82, 2.24) is 0 Å². The van der Waals surface area contributed by atoms with Crippen LogP contribution in [0.4, 0.5) is 0 Å². The van der Waals surface area contributed by atoms with Crippen molar-refractivity contribution in [2.75, 3.05) is 0 Å². The number of benzene rings is 8. The fraction of sp³-hybridized carbons (Fsp3) is 0.